The quantitative estimate of drug-likeness (QED) is 0.344. The zero-order valence-corrected chi connectivity index (χ0v) is 21.1. The summed E-state index contributed by atoms with van der Waals surface area (Å²) in [5.74, 6) is 0.443. The van der Waals surface area contributed by atoms with Crippen LogP contribution in [-0.4, -0.2) is 45.0 Å². The minimum absolute atomic E-state index is 0.0544. The van der Waals surface area contributed by atoms with Gasteiger partial charge < -0.3 is 24.8 Å². The van der Waals surface area contributed by atoms with Crippen LogP contribution in [0.25, 0.3) is 11.4 Å². The van der Waals surface area contributed by atoms with E-state index >= 15 is 0 Å². The van der Waals surface area contributed by atoms with Gasteiger partial charge >= 0.3 is 0 Å². The van der Waals surface area contributed by atoms with Crippen LogP contribution in [0.5, 0.6) is 5.75 Å². The number of ether oxygens (including phenoxy) is 1. The van der Waals surface area contributed by atoms with E-state index in [0.717, 1.165) is 11.3 Å². The fourth-order valence-electron chi connectivity index (χ4n) is 4.20. The molecule has 0 aliphatic rings. The second-order valence-corrected chi connectivity index (χ2v) is 9.10. The molecule has 1 amide bonds. The maximum absolute atomic E-state index is 13.6. The number of halogens is 1. The van der Waals surface area contributed by atoms with E-state index in [1.165, 1.54) is 12.1 Å². The van der Waals surface area contributed by atoms with Gasteiger partial charge in [0.15, 0.2) is 0 Å². The zero-order chi connectivity index (χ0) is 26.2. The van der Waals surface area contributed by atoms with E-state index < -0.39 is 12.2 Å². The van der Waals surface area contributed by atoms with Crippen molar-refractivity contribution in [3.63, 3.8) is 0 Å². The van der Waals surface area contributed by atoms with Gasteiger partial charge in [-0.1, -0.05) is 39.0 Å². The molecular formula is C28H35FN3O4. The van der Waals surface area contributed by atoms with E-state index in [-0.39, 0.29) is 36.3 Å². The Bertz CT molecular complexity index is 1140. The van der Waals surface area contributed by atoms with Gasteiger partial charge in [0.2, 0.25) is 0 Å². The average molecular weight is 497 g/mol. The third-order valence-electron chi connectivity index (χ3n) is 6.07. The molecule has 193 valence electrons. The maximum atomic E-state index is 13.6. The van der Waals surface area contributed by atoms with E-state index in [1.807, 2.05) is 42.7 Å². The Balaban J connectivity index is 1.95. The smallest absolute Gasteiger partial charge is 0.272 e. The van der Waals surface area contributed by atoms with E-state index in [1.54, 1.807) is 19.2 Å². The van der Waals surface area contributed by atoms with Crippen molar-refractivity contribution in [1.29, 1.82) is 0 Å². The maximum Gasteiger partial charge on any atom is 0.272 e. The van der Waals surface area contributed by atoms with E-state index in [9.17, 15) is 19.4 Å². The van der Waals surface area contributed by atoms with E-state index in [0.29, 0.717) is 36.5 Å². The highest BCUT2D eigenvalue weighted by atomic mass is 19.1. The molecule has 2 atom stereocenters. The van der Waals surface area contributed by atoms with Crippen molar-refractivity contribution in [2.75, 3.05) is 7.11 Å². The van der Waals surface area contributed by atoms with Crippen LogP contribution in [0.4, 0.5) is 4.39 Å². The van der Waals surface area contributed by atoms with Gasteiger partial charge in [0.25, 0.3) is 5.91 Å². The van der Waals surface area contributed by atoms with Crippen molar-refractivity contribution < 1.29 is 24.1 Å². The lowest BCUT2D eigenvalue weighted by molar-refractivity contribution is 0.0742. The van der Waals surface area contributed by atoms with Crippen LogP contribution >= 0.6 is 0 Å². The molecule has 2 unspecified atom stereocenters. The summed E-state index contributed by atoms with van der Waals surface area (Å²) in [7, 11) is 1.58. The van der Waals surface area contributed by atoms with Gasteiger partial charge in [0.1, 0.15) is 23.1 Å². The highest BCUT2D eigenvalue weighted by molar-refractivity contribution is 5.94. The van der Waals surface area contributed by atoms with Gasteiger partial charge in [-0.05, 0) is 55.5 Å². The molecule has 7 nitrogen and oxygen atoms in total. The van der Waals surface area contributed by atoms with E-state index in [4.69, 9.17) is 9.72 Å². The Hall–Kier alpha value is -3.23. The van der Waals surface area contributed by atoms with Gasteiger partial charge in [-0.2, -0.15) is 0 Å². The number of aliphatic hydroxyl groups excluding tert-OH is 2. The highest BCUT2D eigenvalue weighted by Crippen LogP contribution is 2.29. The summed E-state index contributed by atoms with van der Waals surface area (Å²) in [5.41, 5.74) is 2.50. The van der Waals surface area contributed by atoms with Crippen LogP contribution in [0.2, 0.25) is 0 Å². The number of carbonyl (C=O) groups is 1. The van der Waals surface area contributed by atoms with Crippen molar-refractivity contribution >= 4 is 5.91 Å². The van der Waals surface area contributed by atoms with Crippen molar-refractivity contribution in [2.45, 2.75) is 64.3 Å². The van der Waals surface area contributed by atoms with Crippen molar-refractivity contribution in [2.24, 2.45) is 0 Å². The Morgan fingerprint density at radius 1 is 1.14 bits per heavy atom. The second-order valence-electron chi connectivity index (χ2n) is 9.10. The second kappa shape index (κ2) is 12.6. The van der Waals surface area contributed by atoms with Crippen molar-refractivity contribution in [1.82, 2.24) is 14.9 Å². The van der Waals surface area contributed by atoms with Crippen LogP contribution in [0.15, 0.2) is 48.5 Å². The van der Waals surface area contributed by atoms with Crippen LogP contribution in [0.1, 0.15) is 60.8 Å². The topological polar surface area (TPSA) is 96.6 Å². The minimum atomic E-state index is -0.743. The average Bonchev–Trinajstić information content (AvgIpc) is 3.26. The first-order valence-corrected chi connectivity index (χ1v) is 12.2. The molecular weight excluding hydrogens is 461 g/mol. The van der Waals surface area contributed by atoms with Gasteiger partial charge in [-0.3, -0.25) is 4.79 Å². The summed E-state index contributed by atoms with van der Waals surface area (Å²) in [6, 6.07) is 13.4. The molecule has 2 aromatic carbocycles. The van der Waals surface area contributed by atoms with Gasteiger partial charge in [0.05, 0.1) is 25.0 Å². The molecule has 0 fully saturated rings. The first kappa shape index (κ1) is 27.4. The highest BCUT2D eigenvalue weighted by Gasteiger charge is 2.26. The SMILES string of the molecule is [CH2]CC(O)CC(O)CCn1c(-c2ccc(F)cc2)nc(C(=O)NCc2ccccc2OC)c1C(C)C. The number of imidazole rings is 1. The zero-order valence-electron chi connectivity index (χ0n) is 21.1. The number of hydrogen-bond acceptors (Lipinski definition) is 5. The lowest BCUT2D eigenvalue weighted by Crippen LogP contribution is -2.25. The van der Waals surface area contributed by atoms with Gasteiger partial charge in [-0.25, -0.2) is 9.37 Å². The predicted octanol–water partition coefficient (Wildman–Crippen LogP) is 4.48. The number of aliphatic hydroxyl groups is 2. The number of nitrogens with one attached hydrogen (secondary N) is 1. The molecule has 3 aromatic rings. The monoisotopic (exact) mass is 496 g/mol. The van der Waals surface area contributed by atoms with E-state index in [2.05, 4.69) is 12.2 Å². The largest absolute Gasteiger partial charge is 0.496 e. The fraction of sp³-hybridized carbons (Fsp3) is 0.393. The van der Waals surface area contributed by atoms with Crippen molar-refractivity contribution in [3.8, 4) is 17.1 Å². The number of carbonyl (C=O) groups excluding carboxylic acids is 1. The first-order chi connectivity index (χ1) is 17.2. The molecule has 0 aliphatic carbocycles. The molecule has 0 saturated heterocycles. The Kier molecular flexibility index (Phi) is 9.61. The number of para-hydroxylation sites is 1. The molecule has 0 saturated carbocycles. The van der Waals surface area contributed by atoms with Crippen LogP contribution in [0.3, 0.4) is 0 Å². The van der Waals surface area contributed by atoms with Crippen LogP contribution < -0.4 is 10.1 Å². The third kappa shape index (κ3) is 6.71. The number of rotatable bonds is 12. The first-order valence-electron chi connectivity index (χ1n) is 12.2. The molecule has 0 aliphatic heterocycles. The number of benzene rings is 2. The van der Waals surface area contributed by atoms with Gasteiger partial charge in [-0.15, -0.1) is 0 Å². The molecule has 0 bridgehead atoms. The molecule has 1 heterocycles. The molecule has 1 radical (unpaired) electrons. The molecule has 3 N–H and O–H groups in total. The Morgan fingerprint density at radius 2 is 1.83 bits per heavy atom. The summed E-state index contributed by atoms with van der Waals surface area (Å²) in [6.45, 7) is 8.25. The third-order valence-corrected chi connectivity index (χ3v) is 6.07. The normalized spacial score (nSPS) is 13.0. The minimum Gasteiger partial charge on any atom is -0.496 e. The summed E-state index contributed by atoms with van der Waals surface area (Å²) in [6.07, 6.45) is -0.540. The molecule has 3 rings (SSSR count). The number of nitrogens with zero attached hydrogens (tertiary/aromatic N) is 2. The summed E-state index contributed by atoms with van der Waals surface area (Å²) < 4.78 is 20.9. The number of methoxy groups -OCH3 is 1. The van der Waals surface area contributed by atoms with Crippen LogP contribution in [0, 0.1) is 12.7 Å². The van der Waals surface area contributed by atoms with Crippen LogP contribution in [-0.2, 0) is 13.1 Å². The lowest BCUT2D eigenvalue weighted by Gasteiger charge is -2.19. The summed E-state index contributed by atoms with van der Waals surface area (Å²) in [5, 5.41) is 23.2. The molecule has 0 spiro atoms. The van der Waals surface area contributed by atoms with Crippen molar-refractivity contribution in [3.05, 3.63) is 78.2 Å². The Labute approximate surface area is 212 Å². The number of aromatic nitrogens is 2. The summed E-state index contributed by atoms with van der Waals surface area (Å²) in [4.78, 5) is 18.0. The van der Waals surface area contributed by atoms with Gasteiger partial charge in [0, 0.05) is 24.2 Å². The fourth-order valence-corrected chi connectivity index (χ4v) is 4.20. The number of amides is 1. The standard InChI is InChI=1S/C28H35FN3O4/c1-5-22(33)16-23(34)14-15-32-26(18(2)3)25(31-27(32)19-10-12-21(29)13-11-19)28(35)30-17-20-8-6-7-9-24(20)36-4/h6-13,18,22-23,33-34H,1,5,14-17H2,2-4H3,(H,30,35). The molecule has 1 aromatic heterocycles. The number of hydrogen-bond donors (Lipinski definition) is 3. The lowest BCUT2D eigenvalue weighted by atomic mass is 10.1. The Morgan fingerprint density at radius 3 is 2.47 bits per heavy atom. The predicted molar refractivity (Wildman–Crippen MR) is 137 cm³/mol. The summed E-state index contributed by atoms with van der Waals surface area (Å²) >= 11 is 0. The molecule has 8 heteroatoms. The molecule has 36 heavy (non-hydrogen) atoms.